The number of sulfone groups is 1. The Morgan fingerprint density at radius 1 is 1.09 bits per heavy atom. The van der Waals surface area contributed by atoms with Gasteiger partial charge in [0.15, 0.2) is 9.84 Å². The van der Waals surface area contributed by atoms with Crippen LogP contribution in [0.15, 0.2) is 73.7 Å². The van der Waals surface area contributed by atoms with Gasteiger partial charge in [0.25, 0.3) is 10.0 Å². The van der Waals surface area contributed by atoms with E-state index in [0.29, 0.717) is 29.7 Å². The molecule has 4 aromatic rings. The predicted molar refractivity (Wildman–Crippen MR) is 142 cm³/mol. The molecule has 1 atom stereocenters. The fourth-order valence-corrected chi connectivity index (χ4v) is 7.66. The minimum Gasteiger partial charge on any atom is -0.387 e. The number of aliphatic hydroxyl groups excluding tert-OH is 1. The van der Waals surface area contributed by atoms with Crippen LogP contribution < -0.4 is 10.0 Å². The Kier molecular flexibility index (Phi) is 7.69. The van der Waals surface area contributed by atoms with Crippen LogP contribution in [-0.2, 0) is 26.3 Å². The molecule has 0 fully saturated rings. The molecule has 0 unspecified atom stereocenters. The Bertz CT molecular complexity index is 1560. The van der Waals surface area contributed by atoms with Crippen molar-refractivity contribution >= 4 is 63.7 Å². The van der Waals surface area contributed by atoms with Gasteiger partial charge in [0, 0.05) is 30.1 Å². The number of aromatic amines is 1. The van der Waals surface area contributed by atoms with Crippen LogP contribution in [0.1, 0.15) is 17.2 Å². The first kappa shape index (κ1) is 25.9. The van der Waals surface area contributed by atoms with E-state index in [1.165, 1.54) is 12.3 Å². The summed E-state index contributed by atoms with van der Waals surface area (Å²) in [5.41, 5.74) is 2.52. The van der Waals surface area contributed by atoms with Gasteiger partial charge in [-0.25, -0.2) is 16.8 Å². The van der Waals surface area contributed by atoms with E-state index < -0.39 is 26.0 Å². The topological polar surface area (TPSA) is 128 Å². The fourth-order valence-electron chi connectivity index (χ4n) is 3.74. The third kappa shape index (κ3) is 6.13. The van der Waals surface area contributed by atoms with Crippen LogP contribution in [-0.4, -0.2) is 46.3 Å². The number of benzene rings is 2. The summed E-state index contributed by atoms with van der Waals surface area (Å²) < 4.78 is 52.6. The number of rotatable bonds is 10. The van der Waals surface area contributed by atoms with Gasteiger partial charge < -0.3 is 15.4 Å². The number of hydrogen-bond donors (Lipinski definition) is 4. The van der Waals surface area contributed by atoms with Gasteiger partial charge in [-0.1, -0.05) is 24.3 Å². The van der Waals surface area contributed by atoms with Crippen LogP contribution in [0, 0.1) is 0 Å². The van der Waals surface area contributed by atoms with E-state index >= 15 is 0 Å². The Hall–Kier alpha value is -2.22. The summed E-state index contributed by atoms with van der Waals surface area (Å²) in [6, 6.07) is 15.0. The smallest absolute Gasteiger partial charge is 0.271 e. The van der Waals surface area contributed by atoms with Crippen LogP contribution in [0.2, 0.25) is 0 Å². The number of H-pyrrole nitrogens is 1. The first-order valence-corrected chi connectivity index (χ1v) is 15.6. The molecule has 0 radical (unpaired) electrons. The van der Waals surface area contributed by atoms with Crippen molar-refractivity contribution in [2.75, 3.05) is 24.1 Å². The zero-order valence-corrected chi connectivity index (χ0v) is 22.7. The van der Waals surface area contributed by atoms with Crippen molar-refractivity contribution in [3.63, 3.8) is 0 Å². The molecule has 0 saturated heterocycles. The van der Waals surface area contributed by atoms with Gasteiger partial charge in [-0.3, -0.25) is 4.72 Å². The van der Waals surface area contributed by atoms with Crippen molar-refractivity contribution < 1.29 is 21.9 Å². The van der Waals surface area contributed by atoms with Crippen molar-refractivity contribution in [2.24, 2.45) is 0 Å². The summed E-state index contributed by atoms with van der Waals surface area (Å²) >= 11 is 4.38. The van der Waals surface area contributed by atoms with Gasteiger partial charge in [-0.15, -0.1) is 11.3 Å². The number of sulfonamides is 1. The highest BCUT2D eigenvalue weighted by Crippen LogP contribution is 2.28. The SMILES string of the molecule is CS(=O)(=O)c1cccc2c(CCNC[C@H](O)c3cccc(NS(=O)(=O)c4ccc(Br)s4)c3)c[nH]c12. The van der Waals surface area contributed by atoms with Gasteiger partial charge in [-0.05, 0) is 70.4 Å². The molecule has 0 aliphatic heterocycles. The van der Waals surface area contributed by atoms with Crippen LogP contribution in [0.3, 0.4) is 0 Å². The summed E-state index contributed by atoms with van der Waals surface area (Å²) in [4.78, 5) is 3.33. The number of nitrogens with one attached hydrogen (secondary N) is 3. The molecular formula is C23H24BrN3O5S3. The molecule has 0 bridgehead atoms. The second-order valence-corrected chi connectivity index (χ2v) is 14.4. The zero-order valence-electron chi connectivity index (χ0n) is 18.7. The largest absolute Gasteiger partial charge is 0.387 e. The number of thiophene rings is 1. The maximum atomic E-state index is 12.6. The molecule has 2 aromatic carbocycles. The summed E-state index contributed by atoms with van der Waals surface area (Å²) in [6.45, 7) is 0.831. The van der Waals surface area contributed by atoms with Crippen LogP contribution in [0.5, 0.6) is 0 Å². The number of hydrogen-bond acceptors (Lipinski definition) is 7. The minimum absolute atomic E-state index is 0.193. The monoisotopic (exact) mass is 597 g/mol. The molecule has 0 saturated carbocycles. The second-order valence-electron chi connectivity index (χ2n) is 8.02. The maximum Gasteiger partial charge on any atom is 0.271 e. The predicted octanol–water partition coefficient (Wildman–Crippen LogP) is 4.06. The van der Waals surface area contributed by atoms with Gasteiger partial charge in [0.1, 0.15) is 4.21 Å². The van der Waals surface area contributed by atoms with Gasteiger partial charge in [0.2, 0.25) is 0 Å². The molecule has 0 amide bonds. The van der Waals surface area contributed by atoms with Crippen molar-refractivity contribution in [1.29, 1.82) is 0 Å². The number of para-hydroxylation sites is 1. The molecular weight excluding hydrogens is 574 g/mol. The molecule has 0 aliphatic rings. The molecule has 2 aromatic heterocycles. The first-order chi connectivity index (χ1) is 16.5. The molecule has 8 nitrogen and oxygen atoms in total. The lowest BCUT2D eigenvalue weighted by molar-refractivity contribution is 0.175. The van der Waals surface area contributed by atoms with E-state index in [9.17, 15) is 21.9 Å². The lowest BCUT2D eigenvalue weighted by Crippen LogP contribution is -2.23. The number of aliphatic hydroxyl groups is 1. The van der Waals surface area contributed by atoms with Crippen molar-refractivity contribution in [1.82, 2.24) is 10.3 Å². The quantitative estimate of drug-likeness (QED) is 0.204. The number of aromatic nitrogens is 1. The molecule has 35 heavy (non-hydrogen) atoms. The average Bonchev–Trinajstić information content (AvgIpc) is 3.42. The summed E-state index contributed by atoms with van der Waals surface area (Å²) in [5.74, 6) is 0. The molecule has 2 heterocycles. The molecule has 0 spiro atoms. The maximum absolute atomic E-state index is 12.6. The fraction of sp³-hybridized carbons (Fsp3) is 0.217. The lowest BCUT2D eigenvalue weighted by Gasteiger charge is -2.14. The minimum atomic E-state index is -3.71. The summed E-state index contributed by atoms with van der Waals surface area (Å²) in [7, 11) is -7.05. The number of fused-ring (bicyclic) bond motifs is 1. The first-order valence-electron chi connectivity index (χ1n) is 10.6. The summed E-state index contributed by atoms with van der Waals surface area (Å²) in [5, 5.41) is 14.7. The van der Waals surface area contributed by atoms with Crippen LogP contribution in [0.25, 0.3) is 10.9 Å². The highest BCUT2D eigenvalue weighted by molar-refractivity contribution is 9.11. The molecule has 186 valence electrons. The van der Waals surface area contributed by atoms with Crippen LogP contribution in [0.4, 0.5) is 5.69 Å². The molecule has 0 aliphatic carbocycles. The number of anilines is 1. The van der Waals surface area contributed by atoms with E-state index in [0.717, 1.165) is 26.1 Å². The van der Waals surface area contributed by atoms with Crippen molar-refractivity contribution in [3.05, 3.63) is 75.7 Å². The van der Waals surface area contributed by atoms with E-state index in [-0.39, 0.29) is 15.6 Å². The molecule has 4 rings (SSSR count). The highest BCUT2D eigenvalue weighted by Gasteiger charge is 2.18. The Balaban J connectivity index is 1.35. The van der Waals surface area contributed by atoms with Gasteiger partial charge in [-0.2, -0.15) is 0 Å². The third-order valence-corrected chi connectivity index (χ3v) is 10.0. The van der Waals surface area contributed by atoms with E-state index in [1.807, 2.05) is 6.07 Å². The second kappa shape index (κ2) is 10.4. The molecule has 4 N–H and O–H groups in total. The standard InChI is InChI=1S/C23H24BrN3O5S3/c1-34(29,30)20-7-3-6-18-16(13-26-23(18)20)10-11-25-14-19(28)15-4-2-5-17(12-15)27-35(31,32)22-9-8-21(24)33-22/h2-9,12-13,19,25-28H,10-11,14H2,1H3/t19-/m0/s1. The Morgan fingerprint density at radius 2 is 1.86 bits per heavy atom. The van der Waals surface area contributed by atoms with E-state index in [1.54, 1.807) is 48.7 Å². The van der Waals surface area contributed by atoms with Crippen molar-refractivity contribution in [2.45, 2.75) is 21.6 Å². The summed E-state index contributed by atoms with van der Waals surface area (Å²) in [6.07, 6.45) is 2.79. The van der Waals surface area contributed by atoms with E-state index in [4.69, 9.17) is 0 Å². The van der Waals surface area contributed by atoms with Crippen molar-refractivity contribution in [3.8, 4) is 0 Å². The Morgan fingerprint density at radius 3 is 2.57 bits per heavy atom. The molecule has 12 heteroatoms. The Labute approximate surface area is 216 Å². The lowest BCUT2D eigenvalue weighted by atomic mass is 10.1. The number of halogens is 1. The van der Waals surface area contributed by atoms with E-state index in [2.05, 4.69) is 31.0 Å². The normalized spacial score (nSPS) is 13.2. The van der Waals surface area contributed by atoms with Crippen LogP contribution >= 0.6 is 27.3 Å². The third-order valence-electron chi connectivity index (χ3n) is 5.41. The average molecular weight is 599 g/mol. The zero-order chi connectivity index (χ0) is 25.2. The van der Waals surface area contributed by atoms with Gasteiger partial charge in [0.05, 0.1) is 20.3 Å². The van der Waals surface area contributed by atoms with Gasteiger partial charge >= 0.3 is 0 Å². The highest BCUT2D eigenvalue weighted by atomic mass is 79.9.